The number of carbonyl (C=O) groups is 1. The van der Waals surface area contributed by atoms with Gasteiger partial charge in [0.2, 0.25) is 5.91 Å². The predicted molar refractivity (Wildman–Crippen MR) is 313 cm³/mol. The number of carbonyl (C=O) groups excluding carboxylic acids is 1. The molecule has 14 heteroatoms. The second kappa shape index (κ2) is 49.1. The summed E-state index contributed by atoms with van der Waals surface area (Å²) in [4.78, 5) is 13.3. The molecule has 0 aliphatic carbocycles. The number of ether oxygens (including phenoxy) is 4. The fourth-order valence-corrected chi connectivity index (χ4v) is 9.91. The molecular formula is C64H113NO13. The highest BCUT2D eigenvalue weighted by Gasteiger charge is 2.51. The lowest BCUT2D eigenvalue weighted by molar-refractivity contribution is -0.359. The second-order valence-corrected chi connectivity index (χ2v) is 21.8. The average Bonchev–Trinajstić information content (AvgIpc) is 3.48. The zero-order valence-corrected chi connectivity index (χ0v) is 48.6. The van der Waals surface area contributed by atoms with Crippen LogP contribution in [0.25, 0.3) is 0 Å². The highest BCUT2D eigenvalue weighted by molar-refractivity contribution is 5.76. The molecule has 0 saturated carbocycles. The third-order valence-corrected chi connectivity index (χ3v) is 14.9. The molecule has 0 spiro atoms. The van der Waals surface area contributed by atoms with E-state index in [2.05, 4.69) is 79.9 Å². The van der Waals surface area contributed by atoms with Crippen LogP contribution in [-0.2, 0) is 23.7 Å². The maximum atomic E-state index is 13.3. The van der Waals surface area contributed by atoms with Crippen LogP contribution in [0.5, 0.6) is 0 Å². The van der Waals surface area contributed by atoms with Crippen LogP contribution in [0, 0.1) is 0 Å². The van der Waals surface area contributed by atoms with E-state index in [9.17, 15) is 45.6 Å². The smallest absolute Gasteiger partial charge is 0.220 e. The number of hydrogen-bond acceptors (Lipinski definition) is 13. The topological polar surface area (TPSA) is 228 Å². The van der Waals surface area contributed by atoms with E-state index in [0.717, 1.165) is 70.6 Å². The van der Waals surface area contributed by atoms with Gasteiger partial charge in [-0.2, -0.15) is 0 Å². The molecule has 0 aromatic carbocycles. The van der Waals surface area contributed by atoms with Crippen LogP contribution in [0.15, 0.2) is 72.9 Å². The van der Waals surface area contributed by atoms with Crippen LogP contribution in [0.3, 0.4) is 0 Å². The fourth-order valence-electron chi connectivity index (χ4n) is 9.91. The number of rotatable bonds is 49. The Morgan fingerprint density at radius 2 is 0.885 bits per heavy atom. The molecule has 2 saturated heterocycles. The minimum atomic E-state index is -1.79. The molecule has 14 nitrogen and oxygen atoms in total. The molecule has 0 aromatic heterocycles. The maximum absolute atomic E-state index is 13.3. The zero-order chi connectivity index (χ0) is 56.7. The number of hydrogen-bond donors (Lipinski definition) is 9. The quantitative estimate of drug-likeness (QED) is 0.0204. The van der Waals surface area contributed by atoms with Crippen LogP contribution in [-0.4, -0.2) is 140 Å². The van der Waals surface area contributed by atoms with Crippen molar-refractivity contribution in [2.24, 2.45) is 0 Å². The Balaban J connectivity index is 1.76. The monoisotopic (exact) mass is 1100 g/mol. The van der Waals surface area contributed by atoms with Gasteiger partial charge >= 0.3 is 0 Å². The van der Waals surface area contributed by atoms with E-state index >= 15 is 0 Å². The number of aliphatic hydroxyl groups excluding tert-OH is 8. The van der Waals surface area contributed by atoms with Crippen LogP contribution < -0.4 is 5.32 Å². The van der Waals surface area contributed by atoms with Gasteiger partial charge in [-0.05, 0) is 64.2 Å². The van der Waals surface area contributed by atoms with Gasteiger partial charge in [-0.3, -0.25) is 4.79 Å². The highest BCUT2D eigenvalue weighted by Crippen LogP contribution is 2.30. The Labute approximate surface area is 472 Å². The predicted octanol–water partition coefficient (Wildman–Crippen LogP) is 11.1. The average molecular weight is 1100 g/mol. The van der Waals surface area contributed by atoms with Gasteiger partial charge in [0, 0.05) is 6.42 Å². The minimum absolute atomic E-state index is 0.239. The van der Waals surface area contributed by atoms with E-state index in [1.54, 1.807) is 6.08 Å². The van der Waals surface area contributed by atoms with Gasteiger partial charge in [-0.25, -0.2) is 0 Å². The first kappa shape index (κ1) is 71.5. The summed E-state index contributed by atoms with van der Waals surface area (Å²) in [6.45, 7) is 2.67. The molecule has 0 aromatic rings. The van der Waals surface area contributed by atoms with Crippen molar-refractivity contribution < 1.29 is 64.6 Å². The maximum Gasteiger partial charge on any atom is 0.220 e. The summed E-state index contributed by atoms with van der Waals surface area (Å²) in [6, 6.07) is -0.937. The Morgan fingerprint density at radius 3 is 1.36 bits per heavy atom. The summed E-state index contributed by atoms with van der Waals surface area (Å²) in [7, 11) is 0. The third kappa shape index (κ3) is 34.0. The molecule has 1 amide bonds. The molecule has 2 aliphatic rings. The molecule has 78 heavy (non-hydrogen) atoms. The van der Waals surface area contributed by atoms with Gasteiger partial charge in [0.15, 0.2) is 12.6 Å². The van der Waals surface area contributed by atoms with Crippen molar-refractivity contribution in [3.05, 3.63) is 72.9 Å². The zero-order valence-electron chi connectivity index (χ0n) is 48.6. The van der Waals surface area contributed by atoms with Gasteiger partial charge in [-0.1, -0.05) is 234 Å². The van der Waals surface area contributed by atoms with E-state index in [0.29, 0.717) is 6.42 Å². The molecule has 0 bridgehead atoms. The Bertz CT molecular complexity index is 1580. The highest BCUT2D eigenvalue weighted by atomic mass is 16.7. The SMILES string of the molecule is CC/C=C\C/C=C\C/C=C\C/C=C\C/C=C\CCCCCC(=O)NC(COC1OC(CO)C(OC2OC(CO)C(O)C(O)C2O)C(O)C1O)C(O)/C=C/CCCCCCCCCCCCCCCCCCCCCCCCC. The molecule has 12 atom stereocenters. The second-order valence-electron chi connectivity index (χ2n) is 21.8. The standard InChI is InChI=1S/C64H113NO13/c1-3-5-7-9-11-13-15-17-19-21-23-24-25-26-27-28-30-31-33-35-37-39-41-43-45-47-53(68)52(65-56(69)48-46-44-42-40-38-36-34-32-29-22-20-18-16-14-12-10-8-6-4-2)51-75-63-61(74)59(72)62(55(50-67)77-63)78-64-60(73)58(71)57(70)54(49-66)76-64/h6,8,12,14,18,20,29,32,36,38,45,47,52-55,57-64,66-68,70-74H,3-5,7,9-11,13,15-17,19,21-28,30-31,33-35,37,39-44,46,48-51H2,1-2H3,(H,65,69)/b8-6-,14-12-,20-18-,32-29-,38-36-,47-45+. The Hall–Kier alpha value is -2.57. The van der Waals surface area contributed by atoms with E-state index < -0.39 is 86.8 Å². The summed E-state index contributed by atoms with van der Waals surface area (Å²) in [5, 5.41) is 87.2. The molecule has 12 unspecified atom stereocenters. The fraction of sp³-hybridized carbons (Fsp3) is 0.797. The van der Waals surface area contributed by atoms with Crippen LogP contribution in [0.2, 0.25) is 0 Å². The largest absolute Gasteiger partial charge is 0.394 e. The summed E-state index contributed by atoms with van der Waals surface area (Å²) >= 11 is 0. The first-order chi connectivity index (χ1) is 38.1. The molecule has 9 N–H and O–H groups in total. The normalized spacial score (nSPS) is 25.1. The van der Waals surface area contributed by atoms with Crippen molar-refractivity contribution in [1.29, 1.82) is 0 Å². The van der Waals surface area contributed by atoms with Crippen molar-refractivity contribution in [3.8, 4) is 0 Å². The van der Waals surface area contributed by atoms with E-state index in [1.807, 2.05) is 6.08 Å². The van der Waals surface area contributed by atoms with Crippen molar-refractivity contribution in [2.45, 2.75) is 306 Å². The molecule has 0 radical (unpaired) electrons. The number of unbranched alkanes of at least 4 members (excludes halogenated alkanes) is 26. The minimum Gasteiger partial charge on any atom is -0.394 e. The van der Waals surface area contributed by atoms with E-state index in [-0.39, 0.29) is 18.9 Å². The van der Waals surface area contributed by atoms with Gasteiger partial charge in [0.1, 0.15) is 48.8 Å². The molecule has 452 valence electrons. The van der Waals surface area contributed by atoms with Crippen LogP contribution in [0.4, 0.5) is 0 Å². The summed E-state index contributed by atoms with van der Waals surface area (Å²) in [5.74, 6) is -0.271. The summed E-state index contributed by atoms with van der Waals surface area (Å²) in [6.07, 6.45) is 48.0. The van der Waals surface area contributed by atoms with Crippen molar-refractivity contribution >= 4 is 5.91 Å². The van der Waals surface area contributed by atoms with Gasteiger partial charge < -0.3 is 65.1 Å². The van der Waals surface area contributed by atoms with E-state index in [4.69, 9.17) is 18.9 Å². The number of nitrogens with one attached hydrogen (secondary N) is 1. The van der Waals surface area contributed by atoms with Crippen molar-refractivity contribution in [2.75, 3.05) is 19.8 Å². The van der Waals surface area contributed by atoms with Gasteiger partial charge in [0.25, 0.3) is 0 Å². The lowest BCUT2D eigenvalue weighted by Crippen LogP contribution is -2.65. The molecule has 2 fully saturated rings. The lowest BCUT2D eigenvalue weighted by atomic mass is 9.97. The van der Waals surface area contributed by atoms with E-state index in [1.165, 1.54) is 135 Å². The number of aliphatic hydroxyl groups is 8. The third-order valence-electron chi connectivity index (χ3n) is 14.9. The van der Waals surface area contributed by atoms with Crippen LogP contribution >= 0.6 is 0 Å². The van der Waals surface area contributed by atoms with Gasteiger partial charge in [0.05, 0.1) is 32.0 Å². The molecule has 2 aliphatic heterocycles. The van der Waals surface area contributed by atoms with Crippen molar-refractivity contribution in [1.82, 2.24) is 5.32 Å². The lowest BCUT2D eigenvalue weighted by Gasteiger charge is -2.46. The Morgan fingerprint density at radius 1 is 0.474 bits per heavy atom. The molecular weight excluding hydrogens is 991 g/mol. The summed E-state index contributed by atoms with van der Waals surface area (Å²) < 4.78 is 22.8. The number of amides is 1. The Kier molecular flexibility index (Phi) is 45.0. The molecule has 2 rings (SSSR count). The van der Waals surface area contributed by atoms with Gasteiger partial charge in [-0.15, -0.1) is 0 Å². The van der Waals surface area contributed by atoms with Crippen LogP contribution in [0.1, 0.15) is 232 Å². The first-order valence-electron chi connectivity index (χ1n) is 31.2. The van der Waals surface area contributed by atoms with Crippen molar-refractivity contribution in [3.63, 3.8) is 0 Å². The number of allylic oxidation sites excluding steroid dienone is 11. The molecule has 2 heterocycles. The summed E-state index contributed by atoms with van der Waals surface area (Å²) in [5.41, 5.74) is 0. The first-order valence-corrected chi connectivity index (χ1v) is 31.2.